The number of phenolic OH excluding ortho intramolecular Hbond substituents is 3. The summed E-state index contributed by atoms with van der Waals surface area (Å²) in [7, 11) is 1.44. The zero-order valence-electron chi connectivity index (χ0n) is 38.5. The van der Waals surface area contributed by atoms with Gasteiger partial charge in [-0.2, -0.15) is 5.10 Å². The van der Waals surface area contributed by atoms with Gasteiger partial charge in [-0.3, -0.25) is 19.4 Å². The number of rotatable bonds is 5. The van der Waals surface area contributed by atoms with Gasteiger partial charge in [-0.1, -0.05) is 52.3 Å². The Morgan fingerprint density at radius 2 is 1.58 bits per heavy atom. The average molecular weight is 891 g/mol. The number of hydrazone groups is 1. The smallest absolute Gasteiger partial charge is 0.312 e. The minimum absolute atomic E-state index is 0.0644. The molecular weight excluding hydrogens is 825 g/mol. The predicted molar refractivity (Wildman–Crippen MR) is 241 cm³/mol. The van der Waals surface area contributed by atoms with Gasteiger partial charge in [0.1, 0.15) is 23.4 Å². The number of hydrogen-bond donors (Lipinski definition) is 6. The zero-order valence-corrected chi connectivity index (χ0v) is 38.5. The highest BCUT2D eigenvalue weighted by Crippen LogP contribution is 2.55. The van der Waals surface area contributed by atoms with E-state index in [4.69, 9.17) is 24.0 Å². The largest absolute Gasteiger partial charge is 0.507 e. The van der Waals surface area contributed by atoms with E-state index in [1.165, 1.54) is 71.8 Å². The topological polar surface area (TPSA) is 220 Å². The van der Waals surface area contributed by atoms with Crippen LogP contribution in [0.25, 0.3) is 10.8 Å². The lowest BCUT2D eigenvalue weighted by Crippen LogP contribution is -2.46. The van der Waals surface area contributed by atoms with Crippen molar-refractivity contribution in [3.8, 4) is 23.0 Å². The van der Waals surface area contributed by atoms with Crippen LogP contribution in [-0.4, -0.2) is 129 Å². The zero-order chi connectivity index (χ0) is 46.8. The van der Waals surface area contributed by atoms with Gasteiger partial charge >= 0.3 is 11.8 Å². The van der Waals surface area contributed by atoms with E-state index < -0.39 is 88.8 Å². The van der Waals surface area contributed by atoms with Crippen molar-refractivity contribution in [2.45, 2.75) is 124 Å². The summed E-state index contributed by atoms with van der Waals surface area (Å²) in [6.07, 6.45) is 10.4. The summed E-state index contributed by atoms with van der Waals surface area (Å²) in [4.78, 5) is 43.4. The number of aliphatic hydroxyl groups is 2. The van der Waals surface area contributed by atoms with E-state index >= 15 is 0 Å². The molecule has 2 aromatic carbocycles. The number of hydrogen-bond acceptors (Lipinski definition) is 15. The molecule has 0 aromatic heterocycles. The molecule has 5 aliphatic heterocycles. The number of methoxy groups -OCH3 is 1. The fourth-order valence-electron chi connectivity index (χ4n) is 9.63. The normalized spacial score (nSPS) is 32.2. The number of aromatic hydroxyl groups is 3. The summed E-state index contributed by atoms with van der Waals surface area (Å²) >= 11 is 0. The Morgan fingerprint density at radius 3 is 2.22 bits per heavy atom. The molecule has 2 fully saturated rings. The first-order valence-electron chi connectivity index (χ1n) is 22.4. The Kier molecular flexibility index (Phi) is 15.0. The molecule has 16 nitrogen and oxygen atoms in total. The lowest BCUT2D eigenvalue weighted by Gasteiger charge is -2.39. The van der Waals surface area contributed by atoms with E-state index in [1.807, 2.05) is 5.01 Å². The number of ether oxygens (including phenoxy) is 4. The Hall–Kier alpha value is -5.16. The number of aliphatic hydroxyl groups excluding tert-OH is 2. The number of nitrogens with zero attached hydrogens (tertiary/aromatic N) is 3. The van der Waals surface area contributed by atoms with Crippen molar-refractivity contribution in [3.05, 3.63) is 52.8 Å². The number of fused-ring (bicyclic) bond motifs is 14. The molecule has 5 bridgehead atoms. The molecular formula is C48H66N4O12. The van der Waals surface area contributed by atoms with Crippen molar-refractivity contribution in [2.75, 3.05) is 38.6 Å². The highest BCUT2D eigenvalue weighted by Gasteiger charge is 2.50. The molecule has 7 rings (SSSR count). The SMILES string of the molecule is COC1/C=C\OC2(C)Oc3c(C)c(O)c4c(O)c(c(C=NN5CCC(N6CCCCC6)CC5)c(O)c4c3C2=O)NC(=O)/C(C)=C\C=C/C(C)C(O)C(C)C(O)C(C)C(OC(C)=O)C1C. The number of carbonyl (C=O) groups is 3. The molecule has 0 saturated carbocycles. The summed E-state index contributed by atoms with van der Waals surface area (Å²) in [5, 5.41) is 67.7. The second-order valence-corrected chi connectivity index (χ2v) is 18.1. The number of likely N-dealkylation sites (tertiary alicyclic amines) is 1. The maximum Gasteiger partial charge on any atom is 0.312 e. The molecule has 2 aromatic rings. The Bertz CT molecular complexity index is 2210. The van der Waals surface area contributed by atoms with Crippen LogP contribution in [0.15, 0.2) is 41.2 Å². The van der Waals surface area contributed by atoms with Crippen molar-refractivity contribution >= 4 is 40.3 Å². The molecule has 6 N–H and O–H groups in total. The van der Waals surface area contributed by atoms with Crippen LogP contribution in [0.3, 0.4) is 0 Å². The van der Waals surface area contributed by atoms with E-state index in [0.717, 1.165) is 25.9 Å². The van der Waals surface area contributed by atoms with Gasteiger partial charge < -0.3 is 54.7 Å². The van der Waals surface area contributed by atoms with Crippen LogP contribution in [0, 0.1) is 30.6 Å². The monoisotopic (exact) mass is 890 g/mol. The summed E-state index contributed by atoms with van der Waals surface area (Å²) in [5.74, 6) is -8.27. The third-order valence-corrected chi connectivity index (χ3v) is 13.7. The minimum Gasteiger partial charge on any atom is -0.507 e. The second kappa shape index (κ2) is 19.9. The van der Waals surface area contributed by atoms with Crippen LogP contribution in [0.2, 0.25) is 0 Å². The van der Waals surface area contributed by atoms with Gasteiger partial charge in [0.25, 0.3) is 11.7 Å². The van der Waals surface area contributed by atoms with Crippen molar-refractivity contribution < 1.29 is 58.9 Å². The molecule has 0 spiro atoms. The highest BCUT2D eigenvalue weighted by atomic mass is 16.7. The van der Waals surface area contributed by atoms with Gasteiger partial charge in [-0.15, -0.1) is 0 Å². The summed E-state index contributed by atoms with van der Waals surface area (Å²) in [6.45, 7) is 16.0. The van der Waals surface area contributed by atoms with Crippen LogP contribution in [0.4, 0.5) is 5.69 Å². The summed E-state index contributed by atoms with van der Waals surface area (Å²) in [5.41, 5.74) is -0.280. The lowest BCUT2D eigenvalue weighted by molar-refractivity contribution is -0.160. The van der Waals surface area contributed by atoms with Crippen molar-refractivity contribution in [2.24, 2.45) is 28.8 Å². The van der Waals surface area contributed by atoms with Gasteiger partial charge in [0.05, 0.1) is 53.0 Å². The van der Waals surface area contributed by atoms with Gasteiger partial charge in [0, 0.05) is 80.3 Å². The van der Waals surface area contributed by atoms with E-state index in [0.29, 0.717) is 19.1 Å². The molecule has 5 aliphatic rings. The average Bonchev–Trinajstić information content (AvgIpc) is 3.54. The summed E-state index contributed by atoms with van der Waals surface area (Å²) in [6, 6.07) is 0.442. The molecule has 64 heavy (non-hydrogen) atoms. The number of piperidine rings is 2. The lowest BCUT2D eigenvalue weighted by atomic mass is 9.78. The molecule has 16 heteroatoms. The molecule has 0 aliphatic carbocycles. The maximum atomic E-state index is 14.6. The maximum absolute atomic E-state index is 14.6. The van der Waals surface area contributed by atoms with Crippen LogP contribution in [0.1, 0.15) is 102 Å². The van der Waals surface area contributed by atoms with Crippen LogP contribution >= 0.6 is 0 Å². The Morgan fingerprint density at radius 1 is 0.906 bits per heavy atom. The number of amides is 1. The van der Waals surface area contributed by atoms with E-state index in [-0.39, 0.29) is 44.5 Å². The van der Waals surface area contributed by atoms with E-state index in [1.54, 1.807) is 46.8 Å². The van der Waals surface area contributed by atoms with Crippen LogP contribution in [0.5, 0.6) is 23.0 Å². The minimum atomic E-state index is -2.04. The number of ketones is 1. The second-order valence-electron chi connectivity index (χ2n) is 18.1. The first kappa shape index (κ1) is 48.3. The molecule has 2 saturated heterocycles. The number of Topliss-reactive ketones (excluding diaryl/α,β-unsaturated/α-hetero) is 1. The quantitative estimate of drug-likeness (QED) is 0.0873. The van der Waals surface area contributed by atoms with Crippen LogP contribution < -0.4 is 10.1 Å². The number of allylic oxidation sites excluding steroid dienone is 2. The standard InChI is InChI=1S/C48H66N4O12/c1-25-14-13-15-26(2)47(60)50-38-33(24-49-52-21-16-32(17-22-52)51-19-11-10-12-20-51)42(57)35-36(43(38)58)41(56)30(6)45-37(35)46(59)48(8,64-45)62-23-18-34(61-9)27(3)44(63-31(7)53)29(5)40(55)28(4)39(25)54/h13-15,18,23-25,27-29,32,34,39-40,44,54-58H,10-12,16-17,19-22H2,1-9H3,(H,50,60)/b14-13-,23-18-,26-15-,49-24?. The van der Waals surface area contributed by atoms with Crippen molar-refractivity contribution in [1.82, 2.24) is 9.91 Å². The number of phenols is 3. The van der Waals surface area contributed by atoms with E-state index in [2.05, 4.69) is 10.2 Å². The third kappa shape index (κ3) is 9.60. The predicted octanol–water partition coefficient (Wildman–Crippen LogP) is 6.04. The number of nitrogens with one attached hydrogen (secondary N) is 1. The molecule has 350 valence electrons. The Balaban J connectivity index is 1.46. The molecule has 9 atom stereocenters. The van der Waals surface area contributed by atoms with Crippen molar-refractivity contribution in [1.29, 1.82) is 0 Å². The van der Waals surface area contributed by atoms with Gasteiger partial charge in [0.2, 0.25) is 0 Å². The fraction of sp³-hybridized carbons (Fsp3) is 0.583. The highest BCUT2D eigenvalue weighted by molar-refractivity contribution is 6.23. The van der Waals surface area contributed by atoms with Crippen molar-refractivity contribution in [3.63, 3.8) is 0 Å². The number of anilines is 1. The van der Waals surface area contributed by atoms with Gasteiger partial charge in [-0.25, -0.2) is 0 Å². The van der Waals surface area contributed by atoms with Gasteiger partial charge in [-0.05, 0) is 58.7 Å². The first-order valence-corrected chi connectivity index (χ1v) is 22.4. The van der Waals surface area contributed by atoms with Gasteiger partial charge in [0.15, 0.2) is 5.75 Å². The molecule has 9 unspecified atom stereocenters. The number of benzene rings is 2. The van der Waals surface area contributed by atoms with E-state index in [9.17, 15) is 39.9 Å². The Labute approximate surface area is 375 Å². The number of esters is 1. The molecule has 0 radical (unpaired) electrons. The molecule has 1 amide bonds. The third-order valence-electron chi connectivity index (χ3n) is 13.7. The summed E-state index contributed by atoms with van der Waals surface area (Å²) < 4.78 is 23.7. The fourth-order valence-corrected chi connectivity index (χ4v) is 9.63. The molecule has 5 heterocycles. The van der Waals surface area contributed by atoms with Crippen LogP contribution in [-0.2, 0) is 23.8 Å². The number of carbonyl (C=O) groups excluding carboxylic acids is 3. The first-order chi connectivity index (χ1) is 30.3.